The van der Waals surface area contributed by atoms with Gasteiger partial charge in [-0.05, 0) is 18.4 Å². The summed E-state index contributed by atoms with van der Waals surface area (Å²) in [6.07, 6.45) is 2.48. The zero-order chi connectivity index (χ0) is 11.0. The lowest BCUT2D eigenvalue weighted by atomic mass is 10.2. The molecule has 0 saturated heterocycles. The number of carboxylic acids is 1. The second kappa shape index (κ2) is 7.64. The van der Waals surface area contributed by atoms with E-state index >= 15 is 0 Å². The molecule has 14 heavy (non-hydrogen) atoms. The van der Waals surface area contributed by atoms with E-state index in [-0.39, 0.29) is 18.9 Å². The molecule has 0 radical (unpaired) electrons. The topological polar surface area (TPSA) is 92.4 Å². The third-order valence-electron chi connectivity index (χ3n) is 1.61. The van der Waals surface area contributed by atoms with Crippen LogP contribution in [0.4, 0.5) is 0 Å². The van der Waals surface area contributed by atoms with Crippen LogP contribution in [0.25, 0.3) is 0 Å². The Labute approximate surface area is 87.4 Å². The second-order valence-corrected chi connectivity index (χ2v) is 3.81. The molecule has 0 heterocycles. The number of amides is 1. The van der Waals surface area contributed by atoms with Gasteiger partial charge in [0.25, 0.3) is 0 Å². The number of hydrogen-bond acceptors (Lipinski definition) is 4. The van der Waals surface area contributed by atoms with E-state index in [1.165, 1.54) is 0 Å². The Kier molecular flexibility index (Phi) is 7.23. The van der Waals surface area contributed by atoms with E-state index < -0.39 is 12.0 Å². The summed E-state index contributed by atoms with van der Waals surface area (Å²) in [5.41, 5.74) is 5.55. The minimum Gasteiger partial charge on any atom is -0.481 e. The normalized spacial score (nSPS) is 12.1. The molecular weight excluding hydrogens is 204 g/mol. The van der Waals surface area contributed by atoms with Gasteiger partial charge in [0.05, 0.1) is 12.5 Å². The number of carbonyl (C=O) groups excluding carboxylic acids is 1. The lowest BCUT2D eigenvalue weighted by molar-refractivity contribution is -0.136. The molecule has 6 heteroatoms. The smallest absolute Gasteiger partial charge is 0.305 e. The Bertz CT molecular complexity index is 199. The van der Waals surface area contributed by atoms with E-state index in [0.29, 0.717) is 6.42 Å². The number of nitrogens with one attached hydrogen (secondary N) is 1. The lowest BCUT2D eigenvalue weighted by Crippen LogP contribution is -2.41. The molecule has 0 bridgehead atoms. The number of thioether (sulfide) groups is 1. The highest BCUT2D eigenvalue weighted by atomic mass is 32.2. The monoisotopic (exact) mass is 220 g/mol. The molecule has 0 aliphatic rings. The number of rotatable bonds is 7. The summed E-state index contributed by atoms with van der Waals surface area (Å²) in [6, 6.07) is -0.531. The van der Waals surface area contributed by atoms with Crippen molar-refractivity contribution >= 4 is 23.6 Å². The number of carboxylic acid groups (broad SMARTS) is 1. The van der Waals surface area contributed by atoms with Crippen molar-refractivity contribution in [3.8, 4) is 0 Å². The first-order valence-electron chi connectivity index (χ1n) is 4.32. The fourth-order valence-corrected chi connectivity index (χ4v) is 1.29. The van der Waals surface area contributed by atoms with Crippen molar-refractivity contribution in [3.63, 3.8) is 0 Å². The average Bonchev–Trinajstić information content (AvgIpc) is 2.13. The number of nitrogens with two attached hydrogens (primary N) is 1. The predicted molar refractivity (Wildman–Crippen MR) is 56.2 cm³/mol. The zero-order valence-corrected chi connectivity index (χ0v) is 8.97. The number of hydrogen-bond donors (Lipinski definition) is 3. The van der Waals surface area contributed by atoms with Gasteiger partial charge >= 0.3 is 5.97 Å². The first kappa shape index (κ1) is 13.2. The van der Waals surface area contributed by atoms with Gasteiger partial charge in [-0.15, -0.1) is 0 Å². The van der Waals surface area contributed by atoms with Gasteiger partial charge in [-0.25, -0.2) is 0 Å². The first-order chi connectivity index (χ1) is 6.57. The van der Waals surface area contributed by atoms with Crippen molar-refractivity contribution in [3.05, 3.63) is 0 Å². The van der Waals surface area contributed by atoms with Crippen molar-refractivity contribution in [1.29, 1.82) is 0 Å². The molecule has 0 unspecified atom stereocenters. The van der Waals surface area contributed by atoms with Crippen molar-refractivity contribution in [2.24, 2.45) is 5.73 Å². The molecule has 0 fully saturated rings. The maximum atomic E-state index is 11.2. The largest absolute Gasteiger partial charge is 0.481 e. The van der Waals surface area contributed by atoms with Crippen molar-refractivity contribution in [1.82, 2.24) is 5.32 Å². The van der Waals surface area contributed by atoms with Crippen LogP contribution >= 0.6 is 11.8 Å². The van der Waals surface area contributed by atoms with Crippen LogP contribution in [0.3, 0.4) is 0 Å². The molecule has 1 amide bonds. The molecule has 4 N–H and O–H groups in total. The summed E-state index contributed by atoms with van der Waals surface area (Å²) in [4.78, 5) is 21.3. The molecule has 0 spiro atoms. The maximum Gasteiger partial charge on any atom is 0.305 e. The van der Waals surface area contributed by atoms with Crippen LogP contribution in [0, 0.1) is 0 Å². The minimum atomic E-state index is -0.928. The highest BCUT2D eigenvalue weighted by Crippen LogP contribution is 1.98. The maximum absolute atomic E-state index is 11.2. The average molecular weight is 220 g/mol. The zero-order valence-electron chi connectivity index (χ0n) is 8.16. The molecule has 0 aromatic heterocycles. The summed E-state index contributed by atoms with van der Waals surface area (Å²) < 4.78 is 0. The van der Waals surface area contributed by atoms with Gasteiger partial charge in [0.2, 0.25) is 5.91 Å². The van der Waals surface area contributed by atoms with E-state index in [1.54, 1.807) is 11.8 Å². The Morgan fingerprint density at radius 3 is 2.71 bits per heavy atom. The Morgan fingerprint density at radius 2 is 2.21 bits per heavy atom. The molecule has 0 saturated carbocycles. The number of aliphatic carboxylic acids is 1. The molecule has 0 rings (SSSR count). The van der Waals surface area contributed by atoms with E-state index in [2.05, 4.69) is 5.32 Å². The fourth-order valence-electron chi connectivity index (χ4n) is 0.800. The fraction of sp³-hybridized carbons (Fsp3) is 0.750. The summed E-state index contributed by atoms with van der Waals surface area (Å²) in [5.74, 6) is -0.378. The van der Waals surface area contributed by atoms with Crippen molar-refractivity contribution in [2.75, 3.05) is 18.6 Å². The van der Waals surface area contributed by atoms with Gasteiger partial charge in [0.1, 0.15) is 0 Å². The molecule has 1 atom stereocenters. The Balaban J connectivity index is 3.56. The number of carbonyl (C=O) groups is 2. The van der Waals surface area contributed by atoms with Crippen LogP contribution in [-0.4, -0.2) is 41.6 Å². The van der Waals surface area contributed by atoms with Gasteiger partial charge in [0, 0.05) is 6.54 Å². The minimum absolute atomic E-state index is 0.0685. The summed E-state index contributed by atoms with van der Waals surface area (Å²) in [5, 5.41) is 10.8. The van der Waals surface area contributed by atoms with Crippen LogP contribution in [0.5, 0.6) is 0 Å². The SMILES string of the molecule is CSCC[C@@H](N)C(=O)NCCC(=O)O. The molecule has 0 aromatic carbocycles. The predicted octanol–water partition coefficient (Wildman–Crippen LogP) is -0.342. The highest BCUT2D eigenvalue weighted by molar-refractivity contribution is 7.98. The lowest BCUT2D eigenvalue weighted by Gasteiger charge is -2.10. The highest BCUT2D eigenvalue weighted by Gasteiger charge is 2.12. The van der Waals surface area contributed by atoms with E-state index in [0.717, 1.165) is 5.75 Å². The van der Waals surface area contributed by atoms with Crippen LogP contribution < -0.4 is 11.1 Å². The van der Waals surface area contributed by atoms with Gasteiger partial charge in [-0.2, -0.15) is 11.8 Å². The van der Waals surface area contributed by atoms with E-state index in [4.69, 9.17) is 10.8 Å². The quantitative estimate of drug-likeness (QED) is 0.546. The summed E-state index contributed by atoms with van der Waals surface area (Å²) >= 11 is 1.62. The van der Waals surface area contributed by atoms with Crippen LogP contribution in [0.2, 0.25) is 0 Å². The van der Waals surface area contributed by atoms with Crippen LogP contribution in [0.1, 0.15) is 12.8 Å². The summed E-state index contributed by atoms with van der Waals surface area (Å²) in [7, 11) is 0. The van der Waals surface area contributed by atoms with Crippen LogP contribution in [-0.2, 0) is 9.59 Å². The molecule has 0 aliphatic heterocycles. The van der Waals surface area contributed by atoms with E-state index in [9.17, 15) is 9.59 Å². The molecule has 5 nitrogen and oxygen atoms in total. The Morgan fingerprint density at radius 1 is 1.57 bits per heavy atom. The van der Waals surface area contributed by atoms with Gasteiger partial charge < -0.3 is 16.2 Å². The first-order valence-corrected chi connectivity index (χ1v) is 5.71. The Hall–Kier alpha value is -0.750. The van der Waals surface area contributed by atoms with Gasteiger partial charge in [0.15, 0.2) is 0 Å². The standard InChI is InChI=1S/C8H16N2O3S/c1-14-5-3-6(9)8(13)10-4-2-7(11)12/h6H,2-5,9H2,1H3,(H,10,13)(H,11,12)/t6-/m1/s1. The van der Waals surface area contributed by atoms with Gasteiger partial charge in [-0.3, -0.25) is 9.59 Å². The van der Waals surface area contributed by atoms with E-state index in [1.807, 2.05) is 6.26 Å². The van der Waals surface area contributed by atoms with Crippen LogP contribution in [0.15, 0.2) is 0 Å². The third kappa shape index (κ3) is 6.73. The third-order valence-corrected chi connectivity index (χ3v) is 2.25. The second-order valence-electron chi connectivity index (χ2n) is 2.82. The molecule has 0 aromatic rings. The van der Waals surface area contributed by atoms with Gasteiger partial charge in [-0.1, -0.05) is 0 Å². The molecule has 82 valence electrons. The summed E-state index contributed by atoms with van der Waals surface area (Å²) in [6.45, 7) is 0.140. The molecule has 0 aliphatic carbocycles. The molecular formula is C8H16N2O3S. The van der Waals surface area contributed by atoms with Crippen molar-refractivity contribution < 1.29 is 14.7 Å². The van der Waals surface area contributed by atoms with Crippen molar-refractivity contribution in [2.45, 2.75) is 18.9 Å².